The molecule has 78 valence electrons. The van der Waals surface area contributed by atoms with Crippen molar-refractivity contribution in [3.05, 3.63) is 0 Å². The minimum absolute atomic E-state index is 0.135. The zero-order valence-electron chi connectivity index (χ0n) is 8.39. The molecule has 0 spiro atoms. The predicted octanol–water partition coefficient (Wildman–Crippen LogP) is 2.02. The second-order valence-electron chi connectivity index (χ2n) is 3.88. The van der Waals surface area contributed by atoms with Gasteiger partial charge in [0.2, 0.25) is 0 Å². The lowest BCUT2D eigenvalue weighted by atomic mass is 9.94. The van der Waals surface area contributed by atoms with Gasteiger partial charge in [-0.25, -0.2) is 4.39 Å². The molecule has 0 radical (unpaired) electrons. The lowest BCUT2D eigenvalue weighted by Gasteiger charge is -2.23. The van der Waals surface area contributed by atoms with Gasteiger partial charge in [-0.2, -0.15) is 0 Å². The number of hydrogen-bond acceptors (Lipinski definition) is 2. The van der Waals surface area contributed by atoms with E-state index in [4.69, 9.17) is 10.5 Å². The van der Waals surface area contributed by atoms with E-state index in [-0.39, 0.29) is 12.6 Å². The summed E-state index contributed by atoms with van der Waals surface area (Å²) in [5.74, 6) is 0. The molecule has 2 nitrogen and oxygen atoms in total. The second-order valence-corrected chi connectivity index (χ2v) is 3.88. The van der Waals surface area contributed by atoms with Gasteiger partial charge in [0.25, 0.3) is 0 Å². The van der Waals surface area contributed by atoms with Crippen LogP contribution in [-0.2, 0) is 4.74 Å². The molecule has 2 unspecified atom stereocenters. The Balaban J connectivity index is 2.22. The van der Waals surface area contributed by atoms with Crippen LogP contribution in [0.2, 0.25) is 0 Å². The molecule has 3 heteroatoms. The van der Waals surface area contributed by atoms with Gasteiger partial charge in [-0.15, -0.1) is 0 Å². The van der Waals surface area contributed by atoms with Gasteiger partial charge in [-0.05, 0) is 32.1 Å². The van der Waals surface area contributed by atoms with Gasteiger partial charge in [-0.1, -0.05) is 6.92 Å². The van der Waals surface area contributed by atoms with E-state index >= 15 is 0 Å². The monoisotopic (exact) mass is 189 g/mol. The molecule has 0 aromatic heterocycles. The van der Waals surface area contributed by atoms with Gasteiger partial charge < -0.3 is 10.5 Å². The lowest BCUT2D eigenvalue weighted by Crippen LogP contribution is -2.33. The normalized spacial score (nSPS) is 27.5. The zero-order valence-corrected chi connectivity index (χ0v) is 8.39. The topological polar surface area (TPSA) is 35.2 Å². The van der Waals surface area contributed by atoms with Gasteiger partial charge in [-0.3, -0.25) is 0 Å². The van der Waals surface area contributed by atoms with Crippen LogP contribution in [0.4, 0.5) is 4.39 Å². The third-order valence-electron chi connectivity index (χ3n) is 2.94. The summed E-state index contributed by atoms with van der Waals surface area (Å²) in [6.45, 7) is 2.83. The summed E-state index contributed by atoms with van der Waals surface area (Å²) in [5.41, 5.74) is 4.23. The Labute approximate surface area is 79.6 Å². The molecule has 1 aliphatic rings. The standard InChI is InChI=1S/C10H20FNO/c1-2-10(11,8-12)6-5-9-4-3-7-13-9/h9H,2-8,12H2,1H3. The third-order valence-corrected chi connectivity index (χ3v) is 2.94. The highest BCUT2D eigenvalue weighted by Gasteiger charge is 2.27. The number of nitrogens with two attached hydrogens (primary N) is 1. The molecular formula is C10H20FNO. The fraction of sp³-hybridized carbons (Fsp3) is 1.00. The first-order chi connectivity index (χ1) is 6.20. The van der Waals surface area contributed by atoms with E-state index in [0.29, 0.717) is 12.8 Å². The maximum Gasteiger partial charge on any atom is 0.123 e. The first kappa shape index (κ1) is 10.9. The molecule has 0 aromatic rings. The number of rotatable bonds is 5. The summed E-state index contributed by atoms with van der Waals surface area (Å²) in [5, 5.41) is 0. The molecule has 2 atom stereocenters. The summed E-state index contributed by atoms with van der Waals surface area (Å²) >= 11 is 0. The van der Waals surface area contributed by atoms with E-state index in [1.54, 1.807) is 0 Å². The molecule has 1 fully saturated rings. The van der Waals surface area contributed by atoms with E-state index < -0.39 is 5.67 Å². The Kier molecular flexibility index (Phi) is 4.13. The van der Waals surface area contributed by atoms with E-state index in [1.807, 2.05) is 6.92 Å². The number of hydrogen-bond donors (Lipinski definition) is 1. The van der Waals surface area contributed by atoms with E-state index in [0.717, 1.165) is 25.9 Å². The fourth-order valence-corrected chi connectivity index (χ4v) is 1.71. The Morgan fingerprint density at radius 2 is 2.38 bits per heavy atom. The third kappa shape index (κ3) is 3.24. The molecule has 1 heterocycles. The summed E-state index contributed by atoms with van der Waals surface area (Å²) < 4.78 is 19.2. The van der Waals surface area contributed by atoms with Crippen molar-refractivity contribution in [3.63, 3.8) is 0 Å². The molecule has 1 rings (SSSR count). The average molecular weight is 189 g/mol. The van der Waals surface area contributed by atoms with Crippen LogP contribution in [0, 0.1) is 0 Å². The predicted molar refractivity (Wildman–Crippen MR) is 51.4 cm³/mol. The van der Waals surface area contributed by atoms with E-state index in [1.165, 1.54) is 0 Å². The second kappa shape index (κ2) is 4.91. The van der Waals surface area contributed by atoms with Crippen molar-refractivity contribution >= 4 is 0 Å². The van der Waals surface area contributed by atoms with Crippen molar-refractivity contribution < 1.29 is 9.13 Å². The van der Waals surface area contributed by atoms with Crippen LogP contribution in [-0.4, -0.2) is 24.9 Å². The smallest absolute Gasteiger partial charge is 0.123 e. The molecule has 2 N–H and O–H groups in total. The summed E-state index contributed by atoms with van der Waals surface area (Å²) in [7, 11) is 0. The lowest BCUT2D eigenvalue weighted by molar-refractivity contribution is 0.0737. The van der Waals surface area contributed by atoms with Crippen LogP contribution in [0.25, 0.3) is 0 Å². The largest absolute Gasteiger partial charge is 0.378 e. The highest BCUT2D eigenvalue weighted by molar-refractivity contribution is 4.80. The Bertz CT molecular complexity index is 142. The number of halogens is 1. The van der Waals surface area contributed by atoms with Crippen LogP contribution in [0.15, 0.2) is 0 Å². The molecular weight excluding hydrogens is 169 g/mol. The van der Waals surface area contributed by atoms with Gasteiger partial charge in [0.15, 0.2) is 0 Å². The number of alkyl halides is 1. The quantitative estimate of drug-likeness (QED) is 0.718. The highest BCUT2D eigenvalue weighted by atomic mass is 19.1. The summed E-state index contributed by atoms with van der Waals surface area (Å²) in [4.78, 5) is 0. The molecule has 0 bridgehead atoms. The van der Waals surface area contributed by atoms with Crippen molar-refractivity contribution in [2.75, 3.05) is 13.2 Å². The molecule has 1 saturated heterocycles. The SMILES string of the molecule is CCC(F)(CN)CCC1CCCO1. The van der Waals surface area contributed by atoms with Crippen LogP contribution in [0.1, 0.15) is 39.0 Å². The van der Waals surface area contributed by atoms with Crippen molar-refractivity contribution in [1.82, 2.24) is 0 Å². The van der Waals surface area contributed by atoms with Crippen molar-refractivity contribution in [2.24, 2.45) is 5.73 Å². The van der Waals surface area contributed by atoms with Crippen LogP contribution >= 0.6 is 0 Å². The van der Waals surface area contributed by atoms with Gasteiger partial charge in [0.05, 0.1) is 6.10 Å². The van der Waals surface area contributed by atoms with Gasteiger partial charge >= 0.3 is 0 Å². The van der Waals surface area contributed by atoms with Crippen molar-refractivity contribution in [2.45, 2.75) is 50.8 Å². The molecule has 0 aromatic carbocycles. The average Bonchev–Trinajstić information content (AvgIpc) is 2.67. The van der Waals surface area contributed by atoms with Gasteiger partial charge in [0.1, 0.15) is 5.67 Å². The molecule has 0 aliphatic carbocycles. The first-order valence-corrected chi connectivity index (χ1v) is 5.21. The van der Waals surface area contributed by atoms with E-state index in [9.17, 15) is 4.39 Å². The Morgan fingerprint density at radius 1 is 1.62 bits per heavy atom. The molecule has 0 amide bonds. The highest BCUT2D eigenvalue weighted by Crippen LogP contribution is 2.25. The summed E-state index contributed by atoms with van der Waals surface area (Å²) in [6.07, 6.45) is 4.37. The summed E-state index contributed by atoms with van der Waals surface area (Å²) in [6, 6.07) is 0. The number of ether oxygens (including phenoxy) is 1. The van der Waals surface area contributed by atoms with E-state index in [2.05, 4.69) is 0 Å². The molecule has 1 aliphatic heterocycles. The minimum atomic E-state index is -1.16. The maximum atomic E-state index is 13.7. The minimum Gasteiger partial charge on any atom is -0.378 e. The van der Waals surface area contributed by atoms with Crippen LogP contribution < -0.4 is 5.73 Å². The van der Waals surface area contributed by atoms with Gasteiger partial charge in [0, 0.05) is 13.2 Å². The zero-order chi connectivity index (χ0) is 9.73. The van der Waals surface area contributed by atoms with Crippen molar-refractivity contribution in [1.29, 1.82) is 0 Å². The Hall–Kier alpha value is -0.150. The molecule has 0 saturated carbocycles. The molecule has 13 heavy (non-hydrogen) atoms. The fourth-order valence-electron chi connectivity index (χ4n) is 1.71. The van der Waals surface area contributed by atoms with Crippen LogP contribution in [0.5, 0.6) is 0 Å². The van der Waals surface area contributed by atoms with Crippen molar-refractivity contribution in [3.8, 4) is 0 Å². The Morgan fingerprint density at radius 3 is 2.85 bits per heavy atom. The first-order valence-electron chi connectivity index (χ1n) is 5.21. The van der Waals surface area contributed by atoms with Crippen LogP contribution in [0.3, 0.4) is 0 Å². The maximum absolute atomic E-state index is 13.7.